The molecule has 1 aliphatic heterocycles. The van der Waals surface area contributed by atoms with Crippen LogP contribution in [0.5, 0.6) is 0 Å². The Labute approximate surface area is 117 Å². The molecular formula is C14H19N3O3. The highest BCUT2D eigenvalue weighted by Gasteiger charge is 2.17. The fourth-order valence-electron chi connectivity index (χ4n) is 2.37. The van der Waals surface area contributed by atoms with Crippen molar-refractivity contribution in [2.24, 2.45) is 5.92 Å². The Morgan fingerprint density at radius 3 is 2.80 bits per heavy atom. The van der Waals surface area contributed by atoms with Crippen molar-refractivity contribution in [1.29, 1.82) is 0 Å². The summed E-state index contributed by atoms with van der Waals surface area (Å²) in [7, 11) is 0. The number of carbonyl (C=O) groups excluding carboxylic acids is 1. The van der Waals surface area contributed by atoms with Gasteiger partial charge in [-0.1, -0.05) is 6.07 Å². The maximum absolute atomic E-state index is 12.0. The molecule has 1 aromatic carbocycles. The first-order chi connectivity index (χ1) is 9.58. The first-order valence-corrected chi connectivity index (χ1v) is 6.82. The maximum Gasteiger partial charge on any atom is 0.273 e. The van der Waals surface area contributed by atoms with E-state index in [4.69, 9.17) is 0 Å². The molecule has 0 bridgehead atoms. The van der Waals surface area contributed by atoms with Crippen LogP contribution < -0.4 is 10.6 Å². The van der Waals surface area contributed by atoms with Gasteiger partial charge >= 0.3 is 0 Å². The van der Waals surface area contributed by atoms with E-state index in [0.717, 1.165) is 25.9 Å². The molecule has 6 nitrogen and oxygen atoms in total. The molecule has 1 amide bonds. The van der Waals surface area contributed by atoms with Gasteiger partial charge in [0, 0.05) is 23.7 Å². The van der Waals surface area contributed by atoms with Crippen molar-refractivity contribution < 1.29 is 9.72 Å². The van der Waals surface area contributed by atoms with Gasteiger partial charge in [-0.15, -0.1) is 0 Å². The zero-order valence-corrected chi connectivity index (χ0v) is 11.5. The van der Waals surface area contributed by atoms with E-state index in [1.165, 1.54) is 6.07 Å². The van der Waals surface area contributed by atoms with Gasteiger partial charge in [0.2, 0.25) is 0 Å². The Morgan fingerprint density at radius 1 is 1.45 bits per heavy atom. The standard InChI is InChI=1S/C14H19N3O3/c1-10-2-3-12(8-13(10)17(19)20)14(18)16-9-11-4-6-15-7-5-11/h2-3,8,11,15H,4-7,9H2,1H3,(H,16,18). The summed E-state index contributed by atoms with van der Waals surface area (Å²) in [5.41, 5.74) is 0.889. The molecule has 0 atom stereocenters. The van der Waals surface area contributed by atoms with E-state index >= 15 is 0 Å². The van der Waals surface area contributed by atoms with E-state index in [2.05, 4.69) is 10.6 Å². The van der Waals surface area contributed by atoms with Gasteiger partial charge in [0.15, 0.2) is 0 Å². The topological polar surface area (TPSA) is 84.3 Å². The third-order valence-corrected chi connectivity index (χ3v) is 3.68. The molecule has 1 aromatic rings. The minimum absolute atomic E-state index is 0.0143. The summed E-state index contributed by atoms with van der Waals surface area (Å²) in [5, 5.41) is 17.0. The van der Waals surface area contributed by atoms with Crippen molar-refractivity contribution >= 4 is 11.6 Å². The molecule has 20 heavy (non-hydrogen) atoms. The second-order valence-electron chi connectivity index (χ2n) is 5.16. The van der Waals surface area contributed by atoms with Crippen LogP contribution in [0.25, 0.3) is 0 Å². The number of nitro benzene ring substituents is 1. The van der Waals surface area contributed by atoms with E-state index in [1.54, 1.807) is 19.1 Å². The zero-order valence-electron chi connectivity index (χ0n) is 11.5. The minimum atomic E-state index is -0.459. The summed E-state index contributed by atoms with van der Waals surface area (Å²) in [6.07, 6.45) is 2.10. The smallest absolute Gasteiger partial charge is 0.273 e. The molecule has 2 N–H and O–H groups in total. The van der Waals surface area contributed by atoms with Crippen LogP contribution in [0.15, 0.2) is 18.2 Å². The number of hydrogen-bond donors (Lipinski definition) is 2. The van der Waals surface area contributed by atoms with Crippen LogP contribution in [0, 0.1) is 23.0 Å². The summed E-state index contributed by atoms with van der Waals surface area (Å²) in [6.45, 7) is 4.25. The Hall–Kier alpha value is -1.95. The molecule has 1 saturated heterocycles. The van der Waals surface area contributed by atoms with Gasteiger partial charge in [-0.25, -0.2) is 0 Å². The number of carbonyl (C=O) groups is 1. The van der Waals surface area contributed by atoms with Gasteiger partial charge in [-0.2, -0.15) is 0 Å². The van der Waals surface area contributed by atoms with Crippen LogP contribution in [-0.4, -0.2) is 30.5 Å². The van der Waals surface area contributed by atoms with Gasteiger partial charge < -0.3 is 10.6 Å². The molecule has 1 heterocycles. The average molecular weight is 277 g/mol. The molecule has 0 saturated carbocycles. The number of piperidine rings is 1. The van der Waals surface area contributed by atoms with Gasteiger partial charge in [0.05, 0.1) is 4.92 Å². The van der Waals surface area contributed by atoms with Crippen LogP contribution >= 0.6 is 0 Å². The molecular weight excluding hydrogens is 258 g/mol. The third-order valence-electron chi connectivity index (χ3n) is 3.68. The van der Waals surface area contributed by atoms with E-state index in [9.17, 15) is 14.9 Å². The fraction of sp³-hybridized carbons (Fsp3) is 0.500. The summed E-state index contributed by atoms with van der Waals surface area (Å²) in [4.78, 5) is 22.4. The highest BCUT2D eigenvalue weighted by molar-refractivity contribution is 5.94. The van der Waals surface area contributed by atoms with E-state index in [0.29, 0.717) is 23.6 Å². The van der Waals surface area contributed by atoms with Crippen molar-refractivity contribution in [3.63, 3.8) is 0 Å². The fourth-order valence-corrected chi connectivity index (χ4v) is 2.37. The van der Waals surface area contributed by atoms with E-state index in [-0.39, 0.29) is 11.6 Å². The van der Waals surface area contributed by atoms with Crippen LogP contribution in [0.2, 0.25) is 0 Å². The summed E-state index contributed by atoms with van der Waals surface area (Å²) in [6, 6.07) is 4.57. The number of amides is 1. The lowest BCUT2D eigenvalue weighted by atomic mass is 9.98. The molecule has 0 spiro atoms. The largest absolute Gasteiger partial charge is 0.352 e. The van der Waals surface area contributed by atoms with Crippen molar-refractivity contribution in [3.8, 4) is 0 Å². The van der Waals surface area contributed by atoms with Gasteiger partial charge in [0.1, 0.15) is 0 Å². The molecule has 0 radical (unpaired) electrons. The summed E-state index contributed by atoms with van der Waals surface area (Å²) >= 11 is 0. The van der Waals surface area contributed by atoms with Crippen LogP contribution in [-0.2, 0) is 0 Å². The minimum Gasteiger partial charge on any atom is -0.352 e. The zero-order chi connectivity index (χ0) is 14.5. The average Bonchev–Trinajstić information content (AvgIpc) is 2.46. The van der Waals surface area contributed by atoms with Crippen molar-refractivity contribution in [2.75, 3.05) is 19.6 Å². The van der Waals surface area contributed by atoms with Crippen LogP contribution in [0.3, 0.4) is 0 Å². The highest BCUT2D eigenvalue weighted by Crippen LogP contribution is 2.19. The Kier molecular flexibility index (Phi) is 4.68. The SMILES string of the molecule is Cc1ccc(C(=O)NCC2CCNCC2)cc1[N+](=O)[O-]. The predicted molar refractivity (Wildman–Crippen MR) is 75.8 cm³/mol. The highest BCUT2D eigenvalue weighted by atomic mass is 16.6. The molecule has 108 valence electrons. The lowest BCUT2D eigenvalue weighted by Gasteiger charge is -2.22. The quantitative estimate of drug-likeness (QED) is 0.647. The van der Waals surface area contributed by atoms with Crippen molar-refractivity contribution in [1.82, 2.24) is 10.6 Å². The molecule has 0 unspecified atom stereocenters. The number of benzene rings is 1. The van der Waals surface area contributed by atoms with Crippen LogP contribution in [0.4, 0.5) is 5.69 Å². The van der Waals surface area contributed by atoms with Gasteiger partial charge in [-0.05, 0) is 44.8 Å². The van der Waals surface area contributed by atoms with E-state index in [1.807, 2.05) is 0 Å². The lowest BCUT2D eigenvalue weighted by molar-refractivity contribution is -0.385. The number of aryl methyl sites for hydroxylation is 1. The Bertz CT molecular complexity index is 510. The van der Waals surface area contributed by atoms with Gasteiger partial charge in [-0.3, -0.25) is 14.9 Å². The molecule has 6 heteroatoms. The van der Waals surface area contributed by atoms with Crippen LogP contribution in [0.1, 0.15) is 28.8 Å². The Morgan fingerprint density at radius 2 is 2.15 bits per heavy atom. The van der Waals surface area contributed by atoms with Crippen molar-refractivity contribution in [2.45, 2.75) is 19.8 Å². The summed E-state index contributed by atoms with van der Waals surface area (Å²) in [5.74, 6) is 0.243. The normalized spacial score (nSPS) is 15.8. The van der Waals surface area contributed by atoms with Crippen molar-refractivity contribution in [3.05, 3.63) is 39.4 Å². The second-order valence-corrected chi connectivity index (χ2v) is 5.16. The number of nitrogens with zero attached hydrogens (tertiary/aromatic N) is 1. The molecule has 1 fully saturated rings. The first kappa shape index (κ1) is 14.5. The number of nitrogens with one attached hydrogen (secondary N) is 2. The van der Waals surface area contributed by atoms with E-state index < -0.39 is 4.92 Å². The maximum atomic E-state index is 12.0. The summed E-state index contributed by atoms with van der Waals surface area (Å²) < 4.78 is 0. The third kappa shape index (κ3) is 3.54. The lowest BCUT2D eigenvalue weighted by Crippen LogP contribution is -2.35. The monoisotopic (exact) mass is 277 g/mol. The number of rotatable bonds is 4. The number of nitro groups is 1. The first-order valence-electron chi connectivity index (χ1n) is 6.82. The van der Waals surface area contributed by atoms with Gasteiger partial charge in [0.25, 0.3) is 11.6 Å². The molecule has 2 rings (SSSR count). The second kappa shape index (κ2) is 6.47. The molecule has 0 aliphatic carbocycles. The molecule has 0 aromatic heterocycles. The molecule has 1 aliphatic rings. The predicted octanol–water partition coefficient (Wildman–Crippen LogP) is 1.63. The number of hydrogen-bond acceptors (Lipinski definition) is 4. The Balaban J connectivity index is 1.98.